The van der Waals surface area contributed by atoms with Crippen molar-refractivity contribution < 1.29 is 4.79 Å². The van der Waals surface area contributed by atoms with Crippen molar-refractivity contribution in [2.75, 3.05) is 0 Å². The van der Waals surface area contributed by atoms with Gasteiger partial charge in [-0.3, -0.25) is 4.79 Å². The molecule has 116 valence electrons. The van der Waals surface area contributed by atoms with Gasteiger partial charge in [-0.2, -0.15) is 5.10 Å². The largest absolute Gasteiger partial charge is 0.348 e. The van der Waals surface area contributed by atoms with Gasteiger partial charge < -0.3 is 5.32 Å². The summed E-state index contributed by atoms with van der Waals surface area (Å²) in [5, 5.41) is 7.55. The van der Waals surface area contributed by atoms with Gasteiger partial charge in [-0.15, -0.1) is 0 Å². The van der Waals surface area contributed by atoms with Crippen LogP contribution < -0.4 is 5.32 Å². The lowest BCUT2D eigenvalue weighted by atomic mass is 10.2. The molecule has 1 amide bonds. The number of halogens is 2. The summed E-state index contributed by atoms with van der Waals surface area (Å²) < 4.78 is 1.55. The standard InChI is InChI=1S/C15H11Cl2N5O/c16-12-3-2-11(5-13(12)17)15(23)20-7-10-1-4-14(19-6-10)22-9-18-8-21-22/h1-6,8-9H,7H2,(H,20,23). The summed E-state index contributed by atoms with van der Waals surface area (Å²) >= 11 is 11.7. The van der Waals surface area contributed by atoms with Gasteiger partial charge in [0.25, 0.3) is 5.91 Å². The van der Waals surface area contributed by atoms with Crippen molar-refractivity contribution in [1.29, 1.82) is 0 Å². The number of benzene rings is 1. The van der Waals surface area contributed by atoms with Gasteiger partial charge in [-0.25, -0.2) is 14.6 Å². The molecule has 0 atom stereocenters. The molecule has 1 aromatic carbocycles. The second-order valence-corrected chi connectivity index (χ2v) is 5.49. The van der Waals surface area contributed by atoms with Crippen LogP contribution in [0.4, 0.5) is 0 Å². The first-order valence-corrected chi connectivity index (χ1v) is 7.42. The molecule has 6 nitrogen and oxygen atoms in total. The van der Waals surface area contributed by atoms with Crippen LogP contribution in [0.5, 0.6) is 0 Å². The molecule has 23 heavy (non-hydrogen) atoms. The summed E-state index contributed by atoms with van der Waals surface area (Å²) in [6, 6.07) is 8.41. The summed E-state index contributed by atoms with van der Waals surface area (Å²) in [4.78, 5) is 20.2. The van der Waals surface area contributed by atoms with E-state index >= 15 is 0 Å². The highest BCUT2D eigenvalue weighted by Gasteiger charge is 2.08. The highest BCUT2D eigenvalue weighted by Crippen LogP contribution is 2.22. The minimum atomic E-state index is -0.232. The van der Waals surface area contributed by atoms with E-state index in [1.54, 1.807) is 35.4 Å². The monoisotopic (exact) mass is 347 g/mol. The average Bonchev–Trinajstić information content (AvgIpc) is 3.10. The SMILES string of the molecule is O=C(NCc1ccc(-n2cncn2)nc1)c1ccc(Cl)c(Cl)c1. The molecule has 2 aromatic heterocycles. The molecule has 0 unspecified atom stereocenters. The number of carbonyl (C=O) groups is 1. The van der Waals surface area contributed by atoms with Gasteiger partial charge in [0.2, 0.25) is 0 Å². The molecule has 0 saturated heterocycles. The first-order chi connectivity index (χ1) is 11.1. The lowest BCUT2D eigenvalue weighted by Gasteiger charge is -2.07. The van der Waals surface area contributed by atoms with Crippen LogP contribution in [0.3, 0.4) is 0 Å². The van der Waals surface area contributed by atoms with E-state index in [1.165, 1.54) is 12.4 Å². The van der Waals surface area contributed by atoms with E-state index in [4.69, 9.17) is 23.2 Å². The van der Waals surface area contributed by atoms with E-state index in [-0.39, 0.29) is 5.91 Å². The second kappa shape index (κ2) is 6.76. The van der Waals surface area contributed by atoms with E-state index in [1.807, 2.05) is 6.07 Å². The predicted octanol–water partition coefficient (Wildman–Crippen LogP) is 2.90. The number of nitrogens with zero attached hydrogens (tertiary/aromatic N) is 4. The van der Waals surface area contributed by atoms with Gasteiger partial charge in [-0.1, -0.05) is 29.3 Å². The normalized spacial score (nSPS) is 10.5. The molecule has 8 heteroatoms. The Labute approximate surface area is 142 Å². The first kappa shape index (κ1) is 15.5. The Morgan fingerprint density at radius 1 is 1.17 bits per heavy atom. The number of hydrogen-bond donors (Lipinski definition) is 1. The van der Waals surface area contributed by atoms with Crippen LogP contribution in [0, 0.1) is 0 Å². The Hall–Kier alpha value is -2.44. The molecule has 0 aliphatic heterocycles. The lowest BCUT2D eigenvalue weighted by Crippen LogP contribution is -2.22. The van der Waals surface area contributed by atoms with Gasteiger partial charge in [0.15, 0.2) is 5.82 Å². The zero-order valence-electron chi connectivity index (χ0n) is 11.8. The van der Waals surface area contributed by atoms with Gasteiger partial charge in [-0.05, 0) is 29.8 Å². The van der Waals surface area contributed by atoms with Crippen LogP contribution in [0.25, 0.3) is 5.82 Å². The number of pyridine rings is 1. The number of amides is 1. The van der Waals surface area contributed by atoms with Crippen molar-refractivity contribution in [2.24, 2.45) is 0 Å². The topological polar surface area (TPSA) is 72.7 Å². The Bertz CT molecular complexity index is 818. The van der Waals surface area contributed by atoms with E-state index < -0.39 is 0 Å². The summed E-state index contributed by atoms with van der Waals surface area (Å²) in [5.41, 5.74) is 1.31. The third kappa shape index (κ3) is 3.67. The van der Waals surface area contributed by atoms with Crippen molar-refractivity contribution in [3.05, 3.63) is 70.4 Å². The Morgan fingerprint density at radius 3 is 2.70 bits per heavy atom. The van der Waals surface area contributed by atoms with E-state index in [2.05, 4.69) is 20.4 Å². The molecule has 0 radical (unpaired) electrons. The number of aromatic nitrogens is 4. The lowest BCUT2D eigenvalue weighted by molar-refractivity contribution is 0.0951. The zero-order valence-corrected chi connectivity index (χ0v) is 13.3. The maximum Gasteiger partial charge on any atom is 0.251 e. The molecule has 2 heterocycles. The maximum absolute atomic E-state index is 12.1. The van der Waals surface area contributed by atoms with Crippen molar-refractivity contribution >= 4 is 29.1 Å². The third-order valence-electron chi connectivity index (χ3n) is 3.10. The maximum atomic E-state index is 12.1. The summed E-state index contributed by atoms with van der Waals surface area (Å²) in [6.07, 6.45) is 4.67. The van der Waals surface area contributed by atoms with Crippen LogP contribution in [0.1, 0.15) is 15.9 Å². The number of nitrogens with one attached hydrogen (secondary N) is 1. The van der Waals surface area contributed by atoms with Crippen LogP contribution in [-0.2, 0) is 6.54 Å². The second-order valence-electron chi connectivity index (χ2n) is 4.68. The molecule has 3 aromatic rings. The van der Waals surface area contributed by atoms with E-state index in [0.717, 1.165) is 5.56 Å². The van der Waals surface area contributed by atoms with Crippen molar-refractivity contribution in [3.63, 3.8) is 0 Å². The van der Waals surface area contributed by atoms with Gasteiger partial charge >= 0.3 is 0 Å². The Morgan fingerprint density at radius 2 is 2.04 bits per heavy atom. The molecular formula is C15H11Cl2N5O. The minimum absolute atomic E-state index is 0.232. The zero-order chi connectivity index (χ0) is 16.2. The van der Waals surface area contributed by atoms with Crippen LogP contribution in [-0.4, -0.2) is 25.7 Å². The summed E-state index contributed by atoms with van der Waals surface area (Å²) in [7, 11) is 0. The Kier molecular flexibility index (Phi) is 4.55. The van der Waals surface area contributed by atoms with Gasteiger partial charge in [0.1, 0.15) is 12.7 Å². The predicted molar refractivity (Wildman–Crippen MR) is 86.8 cm³/mol. The van der Waals surface area contributed by atoms with Crippen LogP contribution in [0.2, 0.25) is 10.0 Å². The van der Waals surface area contributed by atoms with Crippen molar-refractivity contribution in [2.45, 2.75) is 6.54 Å². The number of rotatable bonds is 4. The van der Waals surface area contributed by atoms with E-state index in [0.29, 0.717) is 28.0 Å². The fraction of sp³-hybridized carbons (Fsp3) is 0.0667. The quantitative estimate of drug-likeness (QED) is 0.787. The fourth-order valence-electron chi connectivity index (χ4n) is 1.91. The molecule has 0 bridgehead atoms. The van der Waals surface area contributed by atoms with E-state index in [9.17, 15) is 4.79 Å². The molecule has 0 aliphatic rings. The Balaban J connectivity index is 1.63. The molecule has 0 spiro atoms. The molecule has 1 N–H and O–H groups in total. The molecule has 0 fully saturated rings. The van der Waals surface area contributed by atoms with Crippen molar-refractivity contribution in [1.82, 2.24) is 25.1 Å². The first-order valence-electron chi connectivity index (χ1n) is 6.66. The minimum Gasteiger partial charge on any atom is -0.348 e. The highest BCUT2D eigenvalue weighted by molar-refractivity contribution is 6.42. The van der Waals surface area contributed by atoms with Crippen LogP contribution >= 0.6 is 23.2 Å². The highest BCUT2D eigenvalue weighted by atomic mass is 35.5. The van der Waals surface area contributed by atoms with Crippen LogP contribution in [0.15, 0.2) is 49.2 Å². The molecular weight excluding hydrogens is 337 g/mol. The average molecular weight is 348 g/mol. The van der Waals surface area contributed by atoms with Gasteiger partial charge in [0.05, 0.1) is 10.0 Å². The smallest absolute Gasteiger partial charge is 0.251 e. The molecule has 0 aliphatic carbocycles. The number of carbonyl (C=O) groups excluding carboxylic acids is 1. The fourth-order valence-corrected chi connectivity index (χ4v) is 2.20. The van der Waals surface area contributed by atoms with Crippen molar-refractivity contribution in [3.8, 4) is 5.82 Å². The van der Waals surface area contributed by atoms with Gasteiger partial charge in [0, 0.05) is 18.3 Å². The number of hydrogen-bond acceptors (Lipinski definition) is 4. The summed E-state index contributed by atoms with van der Waals surface area (Å²) in [5.74, 6) is 0.422. The molecule has 3 rings (SSSR count). The third-order valence-corrected chi connectivity index (χ3v) is 3.84. The summed E-state index contributed by atoms with van der Waals surface area (Å²) in [6.45, 7) is 0.351. The molecule has 0 saturated carbocycles.